The number of aromatic amines is 1. The third kappa shape index (κ3) is 4.66. The summed E-state index contributed by atoms with van der Waals surface area (Å²) in [4.78, 5) is 2.41. The number of hydrogen-bond acceptors (Lipinski definition) is 5. The van der Waals surface area contributed by atoms with E-state index < -0.39 is 0 Å². The first kappa shape index (κ1) is 20.4. The summed E-state index contributed by atoms with van der Waals surface area (Å²) in [7, 11) is 3.36. The number of methoxy groups -OCH3 is 2. The van der Waals surface area contributed by atoms with Crippen molar-refractivity contribution in [3.8, 4) is 22.8 Å². The van der Waals surface area contributed by atoms with Gasteiger partial charge in [-0.2, -0.15) is 5.10 Å². The number of para-hydroxylation sites is 1. The van der Waals surface area contributed by atoms with Crippen molar-refractivity contribution in [3.63, 3.8) is 0 Å². The van der Waals surface area contributed by atoms with Gasteiger partial charge in [-0.1, -0.05) is 42.5 Å². The van der Waals surface area contributed by atoms with Gasteiger partial charge in [0, 0.05) is 37.4 Å². The first-order valence-electron chi connectivity index (χ1n) is 10.4. The molecule has 1 saturated heterocycles. The molecule has 2 heterocycles. The first-order valence-corrected chi connectivity index (χ1v) is 10.4. The zero-order valence-corrected chi connectivity index (χ0v) is 17.6. The van der Waals surface area contributed by atoms with Crippen LogP contribution in [0.5, 0.6) is 11.5 Å². The topological polar surface area (TPSA) is 59.6 Å². The summed E-state index contributed by atoms with van der Waals surface area (Å²) < 4.78 is 17.1. The molecule has 6 heteroatoms. The monoisotopic (exact) mass is 407 g/mol. The number of ether oxygens (including phenoxy) is 3. The van der Waals surface area contributed by atoms with E-state index in [9.17, 15) is 0 Å². The summed E-state index contributed by atoms with van der Waals surface area (Å²) in [5.74, 6) is 1.54. The van der Waals surface area contributed by atoms with Crippen LogP contribution in [0, 0.1) is 0 Å². The largest absolute Gasteiger partial charge is 0.493 e. The van der Waals surface area contributed by atoms with Gasteiger partial charge in [0.2, 0.25) is 0 Å². The third-order valence-electron chi connectivity index (χ3n) is 5.54. The number of nitrogens with one attached hydrogen (secondary N) is 1. The molecule has 0 unspecified atom stereocenters. The van der Waals surface area contributed by atoms with E-state index in [-0.39, 0.29) is 6.10 Å². The van der Waals surface area contributed by atoms with E-state index in [1.807, 2.05) is 36.5 Å². The van der Waals surface area contributed by atoms with Crippen molar-refractivity contribution in [2.24, 2.45) is 0 Å². The van der Waals surface area contributed by atoms with Crippen molar-refractivity contribution in [2.45, 2.75) is 32.0 Å². The molecule has 30 heavy (non-hydrogen) atoms. The second-order valence-corrected chi connectivity index (χ2v) is 7.59. The molecule has 1 aromatic heterocycles. The van der Waals surface area contributed by atoms with Crippen LogP contribution in [0.3, 0.4) is 0 Å². The van der Waals surface area contributed by atoms with Crippen molar-refractivity contribution in [1.29, 1.82) is 0 Å². The predicted molar refractivity (Wildman–Crippen MR) is 117 cm³/mol. The van der Waals surface area contributed by atoms with Crippen LogP contribution in [0.2, 0.25) is 0 Å². The van der Waals surface area contributed by atoms with Crippen molar-refractivity contribution in [3.05, 3.63) is 65.9 Å². The van der Waals surface area contributed by atoms with Crippen LogP contribution in [-0.2, 0) is 17.8 Å². The molecule has 0 radical (unpaired) electrons. The Labute approximate surface area is 177 Å². The van der Waals surface area contributed by atoms with Crippen molar-refractivity contribution in [2.75, 3.05) is 27.4 Å². The lowest BCUT2D eigenvalue weighted by Crippen LogP contribution is -2.31. The van der Waals surface area contributed by atoms with Crippen molar-refractivity contribution >= 4 is 0 Å². The molecule has 6 nitrogen and oxygen atoms in total. The fourth-order valence-corrected chi connectivity index (χ4v) is 4.11. The van der Waals surface area contributed by atoms with Gasteiger partial charge in [-0.15, -0.1) is 0 Å². The van der Waals surface area contributed by atoms with Crippen LogP contribution >= 0.6 is 0 Å². The fraction of sp³-hybridized carbons (Fsp3) is 0.375. The van der Waals surface area contributed by atoms with Gasteiger partial charge in [-0.3, -0.25) is 10.00 Å². The van der Waals surface area contributed by atoms with Crippen LogP contribution < -0.4 is 9.47 Å². The summed E-state index contributed by atoms with van der Waals surface area (Å²) in [6, 6.07) is 16.4. The molecule has 0 amide bonds. The predicted octanol–water partition coefficient (Wildman–Crippen LogP) is 4.28. The lowest BCUT2D eigenvalue weighted by Gasteiger charge is -2.26. The van der Waals surface area contributed by atoms with Crippen molar-refractivity contribution in [1.82, 2.24) is 15.1 Å². The molecule has 0 bridgehead atoms. The van der Waals surface area contributed by atoms with Gasteiger partial charge in [-0.05, 0) is 24.5 Å². The molecule has 1 aliphatic heterocycles. The molecule has 4 rings (SSSR count). The highest BCUT2D eigenvalue weighted by Gasteiger charge is 2.22. The Morgan fingerprint density at radius 2 is 1.87 bits per heavy atom. The molecule has 0 aliphatic carbocycles. The average molecular weight is 408 g/mol. The fourth-order valence-electron chi connectivity index (χ4n) is 4.11. The van der Waals surface area contributed by atoms with Gasteiger partial charge in [-0.25, -0.2) is 0 Å². The van der Waals surface area contributed by atoms with Crippen LogP contribution in [0.15, 0.2) is 54.7 Å². The van der Waals surface area contributed by atoms with E-state index in [4.69, 9.17) is 14.2 Å². The molecule has 1 fully saturated rings. The molecule has 3 aromatic rings. The Balaban J connectivity index is 1.59. The summed E-state index contributed by atoms with van der Waals surface area (Å²) >= 11 is 0. The normalized spacial score (nSPS) is 16.2. The molecule has 0 saturated carbocycles. The number of nitrogens with zero attached hydrogens (tertiary/aromatic N) is 2. The molecule has 0 spiro atoms. The SMILES string of the molecule is COc1cccc(CN(Cc2cn[nH]c2-c2ccccc2)C[C@H]2CCCO2)c1OC. The minimum absolute atomic E-state index is 0.258. The van der Waals surface area contributed by atoms with Crippen LogP contribution in [0.25, 0.3) is 11.3 Å². The Kier molecular flexibility index (Phi) is 6.67. The lowest BCUT2D eigenvalue weighted by atomic mass is 10.1. The molecule has 1 atom stereocenters. The second kappa shape index (κ2) is 9.78. The van der Waals surface area contributed by atoms with Crippen molar-refractivity contribution < 1.29 is 14.2 Å². The Bertz CT molecular complexity index is 936. The molecule has 1 N–H and O–H groups in total. The Morgan fingerprint density at radius 3 is 2.60 bits per heavy atom. The van der Waals surface area contributed by atoms with Gasteiger partial charge in [0.1, 0.15) is 0 Å². The van der Waals surface area contributed by atoms with Crippen LogP contribution in [0.4, 0.5) is 0 Å². The van der Waals surface area contributed by atoms with E-state index in [2.05, 4.69) is 33.3 Å². The van der Waals surface area contributed by atoms with Gasteiger partial charge in [0.25, 0.3) is 0 Å². The highest BCUT2D eigenvalue weighted by atomic mass is 16.5. The lowest BCUT2D eigenvalue weighted by molar-refractivity contribution is 0.0676. The molecular weight excluding hydrogens is 378 g/mol. The number of rotatable bonds is 9. The minimum atomic E-state index is 0.258. The first-order chi connectivity index (χ1) is 14.8. The summed E-state index contributed by atoms with van der Waals surface area (Å²) in [6.45, 7) is 3.21. The van der Waals surface area contributed by atoms with E-state index in [1.54, 1.807) is 14.2 Å². The maximum absolute atomic E-state index is 5.94. The number of H-pyrrole nitrogens is 1. The highest BCUT2D eigenvalue weighted by molar-refractivity contribution is 5.62. The standard InChI is InChI=1S/C24H29N3O3/c1-28-22-12-6-10-19(24(22)29-2)15-27(17-21-11-7-13-30-21)16-20-14-25-26-23(20)18-8-4-3-5-9-18/h3-6,8-10,12,14,21H,7,11,13,15-17H2,1-2H3,(H,25,26)/t21-/m1/s1. The van der Waals surface area contributed by atoms with Gasteiger partial charge >= 0.3 is 0 Å². The maximum atomic E-state index is 5.94. The smallest absolute Gasteiger partial charge is 0.165 e. The molecular formula is C24H29N3O3. The van der Waals surface area contributed by atoms with Crippen LogP contribution in [0.1, 0.15) is 24.0 Å². The number of benzene rings is 2. The molecule has 2 aromatic carbocycles. The van der Waals surface area contributed by atoms with E-state index >= 15 is 0 Å². The Morgan fingerprint density at radius 1 is 1.03 bits per heavy atom. The van der Waals surface area contributed by atoms with Gasteiger partial charge in [0.05, 0.1) is 32.2 Å². The zero-order valence-electron chi connectivity index (χ0n) is 17.6. The molecule has 1 aliphatic rings. The summed E-state index contributed by atoms with van der Waals surface area (Å²) in [5.41, 5.74) is 4.47. The van der Waals surface area contributed by atoms with Gasteiger partial charge in [0.15, 0.2) is 11.5 Å². The van der Waals surface area contributed by atoms with Crippen LogP contribution in [-0.4, -0.2) is 48.6 Å². The van der Waals surface area contributed by atoms with E-state index in [0.717, 1.165) is 67.4 Å². The Hall–Kier alpha value is -2.83. The number of aromatic nitrogens is 2. The highest BCUT2D eigenvalue weighted by Crippen LogP contribution is 2.32. The average Bonchev–Trinajstić information content (AvgIpc) is 3.46. The third-order valence-corrected chi connectivity index (χ3v) is 5.54. The van der Waals surface area contributed by atoms with Gasteiger partial charge < -0.3 is 14.2 Å². The van der Waals surface area contributed by atoms with E-state index in [0.29, 0.717) is 0 Å². The maximum Gasteiger partial charge on any atom is 0.165 e. The second-order valence-electron chi connectivity index (χ2n) is 7.59. The quantitative estimate of drug-likeness (QED) is 0.574. The zero-order chi connectivity index (χ0) is 20.8. The van der Waals surface area contributed by atoms with E-state index in [1.165, 1.54) is 5.56 Å². The minimum Gasteiger partial charge on any atom is -0.493 e. The number of hydrogen-bond donors (Lipinski definition) is 1. The molecule has 158 valence electrons. The summed E-state index contributed by atoms with van der Waals surface area (Å²) in [5, 5.41) is 7.50. The summed E-state index contributed by atoms with van der Waals surface area (Å²) in [6.07, 6.45) is 4.41.